The zero-order chi connectivity index (χ0) is 23.4. The van der Waals surface area contributed by atoms with Crippen LogP contribution in [-0.4, -0.2) is 57.4 Å². The molecule has 2 amide bonds. The van der Waals surface area contributed by atoms with E-state index in [2.05, 4.69) is 39.7 Å². The van der Waals surface area contributed by atoms with Crippen LogP contribution in [0, 0.1) is 0 Å². The smallest absolute Gasteiger partial charge is 0.287 e. The van der Waals surface area contributed by atoms with Crippen LogP contribution in [0.25, 0.3) is 0 Å². The van der Waals surface area contributed by atoms with Gasteiger partial charge in [0.15, 0.2) is 11.6 Å². The lowest BCUT2D eigenvalue weighted by Crippen LogP contribution is -2.63. The minimum Gasteiger partial charge on any atom is -0.353 e. The first-order valence-electron chi connectivity index (χ1n) is 10.7. The lowest BCUT2D eigenvalue weighted by molar-refractivity contribution is 0.0903. The number of nitrogens with zero attached hydrogens (tertiary/aromatic N) is 3. The van der Waals surface area contributed by atoms with E-state index in [1.54, 1.807) is 36.0 Å². The lowest BCUT2D eigenvalue weighted by Gasteiger charge is -2.45. The predicted molar refractivity (Wildman–Crippen MR) is 122 cm³/mol. The minimum absolute atomic E-state index is 0.0754. The summed E-state index contributed by atoms with van der Waals surface area (Å²) in [6.07, 6.45) is 1.60. The van der Waals surface area contributed by atoms with E-state index in [-0.39, 0.29) is 40.8 Å². The highest BCUT2D eigenvalue weighted by molar-refractivity contribution is 6.13. The second-order valence-corrected chi connectivity index (χ2v) is 10.1. The summed E-state index contributed by atoms with van der Waals surface area (Å²) in [6.45, 7) is 11.2. The average Bonchev–Trinajstić information content (AvgIpc) is 3.18. The Balaban J connectivity index is 1.57. The number of rotatable bonds is 3. The van der Waals surface area contributed by atoms with Crippen molar-refractivity contribution < 1.29 is 14.4 Å². The van der Waals surface area contributed by atoms with Gasteiger partial charge in [0.1, 0.15) is 6.04 Å². The molecule has 0 saturated carbocycles. The Bertz CT molecular complexity index is 1110. The molecule has 0 spiro atoms. The van der Waals surface area contributed by atoms with E-state index in [4.69, 9.17) is 0 Å². The first kappa shape index (κ1) is 22.0. The molecule has 9 nitrogen and oxygen atoms in total. The van der Waals surface area contributed by atoms with Gasteiger partial charge in [-0.25, -0.2) is 4.98 Å². The van der Waals surface area contributed by atoms with Gasteiger partial charge in [-0.3, -0.25) is 14.4 Å². The summed E-state index contributed by atoms with van der Waals surface area (Å²) < 4.78 is 1.58. The van der Waals surface area contributed by atoms with E-state index in [0.717, 1.165) is 12.2 Å². The summed E-state index contributed by atoms with van der Waals surface area (Å²) in [6, 6.07) is 4.89. The molecule has 32 heavy (non-hydrogen) atoms. The molecule has 170 valence electrons. The van der Waals surface area contributed by atoms with Crippen LogP contribution in [0.4, 0.5) is 11.5 Å². The third-order valence-corrected chi connectivity index (χ3v) is 5.76. The van der Waals surface area contributed by atoms with Gasteiger partial charge < -0.3 is 25.4 Å². The Morgan fingerprint density at radius 3 is 2.62 bits per heavy atom. The number of Topliss-reactive ketones (excluding diaryl/α,β-unsaturated/α-hetero) is 1. The molecule has 1 saturated heterocycles. The SMILES string of the molecule is Cn1cc(NC(=O)c2ccc3c(c2)N2C(CNCC2(C)C)C3=O)nc1C(=O)NC(C)(C)C. The largest absolute Gasteiger partial charge is 0.353 e. The van der Waals surface area contributed by atoms with E-state index in [0.29, 0.717) is 17.7 Å². The number of amides is 2. The van der Waals surface area contributed by atoms with E-state index >= 15 is 0 Å². The number of benzene rings is 1. The monoisotopic (exact) mass is 438 g/mol. The molecule has 1 aromatic carbocycles. The Morgan fingerprint density at radius 1 is 1.22 bits per heavy atom. The van der Waals surface area contributed by atoms with Crippen LogP contribution >= 0.6 is 0 Å². The summed E-state index contributed by atoms with van der Waals surface area (Å²) in [5.74, 6) is -0.0961. The van der Waals surface area contributed by atoms with Crippen LogP contribution < -0.4 is 20.9 Å². The quantitative estimate of drug-likeness (QED) is 0.676. The molecule has 1 aromatic heterocycles. The van der Waals surface area contributed by atoms with Crippen molar-refractivity contribution in [3.63, 3.8) is 0 Å². The molecule has 2 aromatic rings. The van der Waals surface area contributed by atoms with Crippen molar-refractivity contribution >= 4 is 29.1 Å². The molecular formula is C23H30N6O3. The number of ketones is 1. The van der Waals surface area contributed by atoms with Crippen molar-refractivity contribution in [1.82, 2.24) is 20.2 Å². The van der Waals surface area contributed by atoms with Gasteiger partial charge in [-0.2, -0.15) is 0 Å². The normalized spacial score (nSPS) is 19.4. The number of fused-ring (bicyclic) bond motifs is 3. The van der Waals surface area contributed by atoms with Crippen molar-refractivity contribution in [2.75, 3.05) is 23.3 Å². The van der Waals surface area contributed by atoms with E-state index < -0.39 is 5.54 Å². The number of aryl methyl sites for hydroxylation is 1. The number of aromatic nitrogens is 2. The van der Waals surface area contributed by atoms with Gasteiger partial charge in [-0.1, -0.05) is 0 Å². The van der Waals surface area contributed by atoms with E-state index in [9.17, 15) is 14.4 Å². The number of carbonyl (C=O) groups is 3. The zero-order valence-electron chi connectivity index (χ0n) is 19.4. The summed E-state index contributed by atoms with van der Waals surface area (Å²) >= 11 is 0. The van der Waals surface area contributed by atoms with Gasteiger partial charge in [-0.15, -0.1) is 0 Å². The summed E-state index contributed by atoms with van der Waals surface area (Å²) in [5.41, 5.74) is 1.20. The maximum atomic E-state index is 13.0. The van der Waals surface area contributed by atoms with Gasteiger partial charge in [0.2, 0.25) is 5.82 Å². The lowest BCUT2D eigenvalue weighted by atomic mass is 9.97. The fourth-order valence-corrected chi connectivity index (χ4v) is 4.40. The second-order valence-electron chi connectivity index (χ2n) is 10.1. The predicted octanol–water partition coefficient (Wildman–Crippen LogP) is 1.95. The third-order valence-electron chi connectivity index (χ3n) is 5.76. The molecule has 2 aliphatic heterocycles. The second kappa shape index (κ2) is 7.44. The van der Waals surface area contributed by atoms with Gasteiger partial charge in [-0.05, 0) is 52.8 Å². The molecule has 0 bridgehead atoms. The maximum Gasteiger partial charge on any atom is 0.287 e. The van der Waals surface area contributed by atoms with Gasteiger partial charge >= 0.3 is 0 Å². The molecule has 1 atom stereocenters. The fourth-order valence-electron chi connectivity index (χ4n) is 4.40. The Labute approximate surface area is 187 Å². The first-order valence-corrected chi connectivity index (χ1v) is 10.7. The van der Waals surface area contributed by atoms with Crippen LogP contribution in [0.15, 0.2) is 24.4 Å². The summed E-state index contributed by atoms with van der Waals surface area (Å²) in [7, 11) is 1.70. The highest BCUT2D eigenvalue weighted by Crippen LogP contribution is 2.39. The van der Waals surface area contributed by atoms with Crippen LogP contribution in [-0.2, 0) is 7.05 Å². The molecule has 9 heteroatoms. The fraction of sp³-hybridized carbons (Fsp3) is 0.478. The number of carbonyl (C=O) groups excluding carboxylic acids is 3. The van der Waals surface area contributed by atoms with Crippen molar-refractivity contribution in [3.8, 4) is 0 Å². The topological polar surface area (TPSA) is 108 Å². The van der Waals surface area contributed by atoms with Crippen molar-refractivity contribution in [2.45, 2.75) is 51.7 Å². The first-order chi connectivity index (χ1) is 14.9. The van der Waals surface area contributed by atoms with E-state index in [1.807, 2.05) is 20.8 Å². The van der Waals surface area contributed by atoms with Crippen LogP contribution in [0.1, 0.15) is 66.0 Å². The molecule has 0 radical (unpaired) electrons. The Hall–Kier alpha value is -3.20. The number of piperazine rings is 1. The Kier molecular flexibility index (Phi) is 5.12. The Morgan fingerprint density at radius 2 is 1.94 bits per heavy atom. The zero-order valence-corrected chi connectivity index (χ0v) is 19.4. The number of nitrogens with one attached hydrogen (secondary N) is 3. The highest BCUT2D eigenvalue weighted by Gasteiger charge is 2.46. The summed E-state index contributed by atoms with van der Waals surface area (Å²) in [4.78, 5) is 44.7. The number of anilines is 2. The van der Waals surface area contributed by atoms with Gasteiger partial charge in [0.05, 0.1) is 0 Å². The number of imidazole rings is 1. The summed E-state index contributed by atoms with van der Waals surface area (Å²) in [5, 5.41) is 8.96. The third kappa shape index (κ3) is 3.88. The number of hydrogen-bond donors (Lipinski definition) is 3. The number of hydrogen-bond acceptors (Lipinski definition) is 6. The highest BCUT2D eigenvalue weighted by atomic mass is 16.2. The molecule has 1 unspecified atom stereocenters. The van der Waals surface area contributed by atoms with Crippen molar-refractivity contribution in [2.24, 2.45) is 7.05 Å². The molecule has 3 heterocycles. The van der Waals surface area contributed by atoms with Crippen molar-refractivity contribution in [1.29, 1.82) is 0 Å². The molecule has 2 aliphatic rings. The molecule has 3 N–H and O–H groups in total. The average molecular weight is 439 g/mol. The van der Waals surface area contributed by atoms with Crippen LogP contribution in [0.2, 0.25) is 0 Å². The maximum absolute atomic E-state index is 13.0. The molecule has 0 aliphatic carbocycles. The van der Waals surface area contributed by atoms with Gasteiger partial charge in [0, 0.05) is 54.2 Å². The van der Waals surface area contributed by atoms with E-state index in [1.165, 1.54) is 0 Å². The molecular weight excluding hydrogens is 408 g/mol. The molecule has 1 fully saturated rings. The standard InChI is InChI=1S/C23H30N6O3/c1-22(2,3)27-21(32)19-25-17(11-28(19)6)26-20(31)13-7-8-14-15(9-13)29-16(18(14)30)10-24-12-23(29,4)5/h7-9,11,16,24H,10,12H2,1-6H3,(H,26,31)(H,27,32). The van der Waals surface area contributed by atoms with Crippen LogP contribution in [0.3, 0.4) is 0 Å². The minimum atomic E-state index is -0.399. The van der Waals surface area contributed by atoms with Crippen LogP contribution in [0.5, 0.6) is 0 Å². The molecule has 4 rings (SSSR count). The van der Waals surface area contributed by atoms with Crippen molar-refractivity contribution in [3.05, 3.63) is 41.3 Å². The van der Waals surface area contributed by atoms with Gasteiger partial charge in [0.25, 0.3) is 11.8 Å².